The molecule has 27 heavy (non-hydrogen) atoms. The van der Waals surface area contributed by atoms with E-state index in [1.165, 1.54) is 0 Å². The predicted octanol–water partition coefficient (Wildman–Crippen LogP) is 2.74. The summed E-state index contributed by atoms with van der Waals surface area (Å²) in [5.41, 5.74) is 8.29. The number of nitrogens with one attached hydrogen (secondary N) is 2. The van der Waals surface area contributed by atoms with Gasteiger partial charge in [-0.15, -0.1) is 0 Å². The molecule has 0 spiro atoms. The molecule has 144 valence electrons. The average Bonchev–Trinajstić information content (AvgIpc) is 2.65. The first-order chi connectivity index (χ1) is 12.9. The average molecular weight is 368 g/mol. The van der Waals surface area contributed by atoms with Crippen LogP contribution in [0.4, 0.5) is 10.5 Å². The van der Waals surface area contributed by atoms with Gasteiger partial charge in [0, 0.05) is 25.3 Å². The Hall–Kier alpha value is -3.02. The highest BCUT2D eigenvalue weighted by molar-refractivity contribution is 5.78. The number of hydrogen-bond acceptors (Lipinski definition) is 3. The van der Waals surface area contributed by atoms with Crippen molar-refractivity contribution in [3.8, 4) is 0 Å². The van der Waals surface area contributed by atoms with Crippen LogP contribution < -0.4 is 21.3 Å². The molecule has 2 rings (SSSR count). The van der Waals surface area contributed by atoms with Crippen molar-refractivity contribution in [2.45, 2.75) is 32.4 Å². The first kappa shape index (κ1) is 20.3. The fourth-order valence-corrected chi connectivity index (χ4v) is 2.88. The SMILES string of the molecule is Cc1cccc(C(CC(=O)NCC(C)N(C)c2ccccc2)NC(N)=O)c1. The van der Waals surface area contributed by atoms with Gasteiger partial charge in [0.1, 0.15) is 0 Å². The summed E-state index contributed by atoms with van der Waals surface area (Å²) in [5.74, 6) is -0.136. The Morgan fingerprint density at radius 2 is 1.81 bits per heavy atom. The number of amides is 3. The third kappa shape index (κ3) is 6.33. The molecule has 2 unspecified atom stereocenters. The van der Waals surface area contributed by atoms with Crippen LogP contribution in [0.15, 0.2) is 54.6 Å². The summed E-state index contributed by atoms with van der Waals surface area (Å²) in [6.45, 7) is 4.51. The molecule has 2 atom stereocenters. The zero-order valence-corrected chi connectivity index (χ0v) is 16.1. The number of hydrogen-bond donors (Lipinski definition) is 3. The molecule has 6 heteroatoms. The fraction of sp³-hybridized carbons (Fsp3) is 0.333. The zero-order valence-electron chi connectivity index (χ0n) is 16.1. The molecule has 4 N–H and O–H groups in total. The molecule has 0 aromatic heterocycles. The van der Waals surface area contributed by atoms with E-state index in [9.17, 15) is 9.59 Å². The van der Waals surface area contributed by atoms with Gasteiger partial charge < -0.3 is 21.3 Å². The first-order valence-electron chi connectivity index (χ1n) is 9.04. The third-order valence-corrected chi connectivity index (χ3v) is 4.57. The highest BCUT2D eigenvalue weighted by Gasteiger charge is 2.18. The lowest BCUT2D eigenvalue weighted by Crippen LogP contribution is -2.42. The van der Waals surface area contributed by atoms with Crippen LogP contribution in [-0.4, -0.2) is 31.6 Å². The van der Waals surface area contributed by atoms with Crippen LogP contribution in [-0.2, 0) is 4.79 Å². The van der Waals surface area contributed by atoms with Gasteiger partial charge in [0.25, 0.3) is 0 Å². The van der Waals surface area contributed by atoms with E-state index in [4.69, 9.17) is 5.73 Å². The van der Waals surface area contributed by atoms with Gasteiger partial charge in [-0.05, 0) is 31.5 Å². The molecule has 0 bridgehead atoms. The highest BCUT2D eigenvalue weighted by Crippen LogP contribution is 2.18. The standard InChI is InChI=1S/C21H28N4O2/c1-15-8-7-9-17(12-15)19(24-21(22)27)13-20(26)23-14-16(2)25(3)18-10-5-4-6-11-18/h4-12,16,19H,13-14H2,1-3H3,(H,23,26)(H3,22,24,27). The molecule has 0 heterocycles. The van der Waals surface area contributed by atoms with Crippen LogP contribution in [0, 0.1) is 6.92 Å². The third-order valence-electron chi connectivity index (χ3n) is 4.57. The number of nitrogens with zero attached hydrogens (tertiary/aromatic N) is 1. The van der Waals surface area contributed by atoms with E-state index in [1.54, 1.807) is 0 Å². The Kier molecular flexibility index (Phi) is 7.23. The quantitative estimate of drug-likeness (QED) is 0.669. The minimum Gasteiger partial charge on any atom is -0.370 e. The molecule has 0 fully saturated rings. The Labute approximate surface area is 160 Å². The molecule has 0 aliphatic heterocycles. The summed E-state index contributed by atoms with van der Waals surface area (Å²) in [6, 6.07) is 16.7. The second-order valence-electron chi connectivity index (χ2n) is 6.78. The Bertz CT molecular complexity index is 764. The molecule has 2 aromatic rings. The van der Waals surface area contributed by atoms with E-state index in [0.29, 0.717) is 6.54 Å². The zero-order chi connectivity index (χ0) is 19.8. The minimum atomic E-state index is -0.647. The Balaban J connectivity index is 1.94. The van der Waals surface area contributed by atoms with Crippen molar-refractivity contribution in [1.82, 2.24) is 10.6 Å². The minimum absolute atomic E-state index is 0.123. The van der Waals surface area contributed by atoms with Crippen molar-refractivity contribution in [2.24, 2.45) is 5.73 Å². The molecular weight excluding hydrogens is 340 g/mol. The molecule has 0 aliphatic rings. The normalized spacial score (nSPS) is 12.7. The van der Waals surface area contributed by atoms with E-state index in [2.05, 4.69) is 15.5 Å². The van der Waals surface area contributed by atoms with Crippen LogP contribution in [0.5, 0.6) is 0 Å². The number of benzene rings is 2. The monoisotopic (exact) mass is 368 g/mol. The van der Waals surface area contributed by atoms with Crippen LogP contribution in [0.25, 0.3) is 0 Å². The van der Waals surface area contributed by atoms with Crippen LogP contribution >= 0.6 is 0 Å². The van der Waals surface area contributed by atoms with E-state index in [-0.39, 0.29) is 18.4 Å². The summed E-state index contributed by atoms with van der Waals surface area (Å²) in [6.07, 6.45) is 0.133. The maximum Gasteiger partial charge on any atom is 0.312 e. The van der Waals surface area contributed by atoms with Gasteiger partial charge in [0.15, 0.2) is 0 Å². The molecule has 0 saturated heterocycles. The van der Waals surface area contributed by atoms with Crippen molar-refractivity contribution in [3.63, 3.8) is 0 Å². The Morgan fingerprint density at radius 1 is 1.11 bits per heavy atom. The number of nitrogens with two attached hydrogens (primary N) is 1. The van der Waals surface area contributed by atoms with Gasteiger partial charge in [0.2, 0.25) is 5.91 Å². The van der Waals surface area contributed by atoms with Gasteiger partial charge in [-0.2, -0.15) is 0 Å². The molecule has 0 aliphatic carbocycles. The number of anilines is 1. The smallest absolute Gasteiger partial charge is 0.312 e. The number of carbonyl (C=O) groups excluding carboxylic acids is 2. The van der Waals surface area contributed by atoms with Crippen LogP contribution in [0.2, 0.25) is 0 Å². The molecule has 0 radical (unpaired) electrons. The van der Waals surface area contributed by atoms with Crippen molar-refractivity contribution >= 4 is 17.6 Å². The van der Waals surface area contributed by atoms with Crippen molar-refractivity contribution < 1.29 is 9.59 Å². The maximum absolute atomic E-state index is 12.4. The number of primary amides is 1. The summed E-state index contributed by atoms with van der Waals surface area (Å²) >= 11 is 0. The van der Waals surface area contributed by atoms with Gasteiger partial charge in [-0.25, -0.2) is 4.79 Å². The largest absolute Gasteiger partial charge is 0.370 e. The number of urea groups is 1. The topological polar surface area (TPSA) is 87.5 Å². The van der Waals surface area contributed by atoms with E-state index >= 15 is 0 Å². The predicted molar refractivity (Wildman–Crippen MR) is 109 cm³/mol. The number of likely N-dealkylation sites (N-methyl/N-ethyl adjacent to an activating group) is 1. The number of rotatable bonds is 8. The van der Waals surface area contributed by atoms with Crippen LogP contribution in [0.1, 0.15) is 30.5 Å². The van der Waals surface area contributed by atoms with Gasteiger partial charge in [0.05, 0.1) is 12.5 Å². The van der Waals surface area contributed by atoms with Crippen molar-refractivity contribution in [2.75, 3.05) is 18.5 Å². The van der Waals surface area contributed by atoms with Crippen LogP contribution in [0.3, 0.4) is 0 Å². The van der Waals surface area contributed by atoms with E-state index in [0.717, 1.165) is 16.8 Å². The first-order valence-corrected chi connectivity index (χ1v) is 9.04. The highest BCUT2D eigenvalue weighted by atomic mass is 16.2. The molecular formula is C21H28N4O2. The number of aryl methyl sites for hydroxylation is 1. The lowest BCUT2D eigenvalue weighted by molar-refractivity contribution is -0.121. The number of para-hydroxylation sites is 1. The lowest BCUT2D eigenvalue weighted by atomic mass is 10.0. The Morgan fingerprint density at radius 3 is 2.44 bits per heavy atom. The molecule has 3 amide bonds. The summed E-state index contributed by atoms with van der Waals surface area (Å²) in [4.78, 5) is 25.9. The van der Waals surface area contributed by atoms with E-state index < -0.39 is 12.1 Å². The second-order valence-corrected chi connectivity index (χ2v) is 6.78. The van der Waals surface area contributed by atoms with Crippen molar-refractivity contribution in [3.05, 3.63) is 65.7 Å². The molecule has 6 nitrogen and oxygen atoms in total. The van der Waals surface area contributed by atoms with Crippen molar-refractivity contribution in [1.29, 1.82) is 0 Å². The molecule has 2 aromatic carbocycles. The maximum atomic E-state index is 12.4. The van der Waals surface area contributed by atoms with Gasteiger partial charge in [-0.1, -0.05) is 48.0 Å². The molecule has 0 saturated carbocycles. The summed E-state index contributed by atoms with van der Waals surface area (Å²) < 4.78 is 0. The fourth-order valence-electron chi connectivity index (χ4n) is 2.88. The summed E-state index contributed by atoms with van der Waals surface area (Å²) in [7, 11) is 2.00. The van der Waals surface area contributed by atoms with Gasteiger partial charge >= 0.3 is 6.03 Å². The number of carbonyl (C=O) groups is 2. The van der Waals surface area contributed by atoms with E-state index in [1.807, 2.05) is 75.5 Å². The lowest BCUT2D eigenvalue weighted by Gasteiger charge is -2.27. The summed E-state index contributed by atoms with van der Waals surface area (Å²) in [5, 5.41) is 5.61. The van der Waals surface area contributed by atoms with Gasteiger partial charge in [-0.3, -0.25) is 4.79 Å². The second kappa shape index (κ2) is 9.62.